The number of carbonyl (C=O) groups excluding carboxylic acids is 2. The van der Waals surface area contributed by atoms with Crippen LogP contribution in [0.3, 0.4) is 0 Å². The van der Waals surface area contributed by atoms with Gasteiger partial charge in [-0.3, -0.25) is 9.48 Å². The van der Waals surface area contributed by atoms with E-state index >= 15 is 0 Å². The van der Waals surface area contributed by atoms with Gasteiger partial charge in [0.05, 0.1) is 24.1 Å². The molecule has 28 heavy (non-hydrogen) atoms. The topological polar surface area (TPSA) is 94.4 Å². The smallest absolute Gasteiger partial charge is 0.338 e. The summed E-state index contributed by atoms with van der Waals surface area (Å²) < 4.78 is 7.96. The number of esters is 1. The Kier molecular flexibility index (Phi) is 5.59. The maximum Gasteiger partial charge on any atom is 0.338 e. The highest BCUT2D eigenvalue weighted by Crippen LogP contribution is 2.12. The third kappa shape index (κ3) is 4.12. The summed E-state index contributed by atoms with van der Waals surface area (Å²) in [6.45, 7) is 2.02. The van der Waals surface area contributed by atoms with E-state index in [9.17, 15) is 14.4 Å². The van der Waals surface area contributed by atoms with E-state index < -0.39 is 12.0 Å². The summed E-state index contributed by atoms with van der Waals surface area (Å²) in [5, 5.41) is 5.18. The summed E-state index contributed by atoms with van der Waals surface area (Å²) in [6, 6.07) is 14.8. The third-order valence-corrected chi connectivity index (χ3v) is 3.96. The molecule has 1 heterocycles. The van der Waals surface area contributed by atoms with E-state index in [1.165, 1.54) is 4.68 Å². The zero-order chi connectivity index (χ0) is 20.1. The van der Waals surface area contributed by atoms with Crippen LogP contribution in [0.1, 0.15) is 17.3 Å². The molecular weight excluding hydrogens is 360 g/mol. The summed E-state index contributed by atoms with van der Waals surface area (Å²) >= 11 is 0. The van der Waals surface area contributed by atoms with Crippen LogP contribution in [-0.2, 0) is 11.8 Å². The van der Waals surface area contributed by atoms with Crippen LogP contribution >= 0.6 is 0 Å². The van der Waals surface area contributed by atoms with Crippen LogP contribution in [-0.4, -0.2) is 28.0 Å². The van der Waals surface area contributed by atoms with Gasteiger partial charge in [-0.15, -0.1) is 0 Å². The van der Waals surface area contributed by atoms with Gasteiger partial charge >= 0.3 is 12.0 Å². The normalized spacial score (nSPS) is 10.4. The molecule has 0 bridgehead atoms. The Hall–Kier alpha value is -3.81. The number of nitrogens with one attached hydrogen (secondary N) is 2. The van der Waals surface area contributed by atoms with Gasteiger partial charge in [0.25, 0.3) is 5.56 Å². The van der Waals surface area contributed by atoms with Crippen LogP contribution in [0.5, 0.6) is 0 Å². The molecule has 0 saturated carbocycles. The number of benzene rings is 2. The first kappa shape index (κ1) is 19.0. The van der Waals surface area contributed by atoms with Gasteiger partial charge in [0.15, 0.2) is 0 Å². The van der Waals surface area contributed by atoms with Crippen LogP contribution in [0.4, 0.5) is 16.2 Å². The molecule has 1 aromatic heterocycles. The summed E-state index contributed by atoms with van der Waals surface area (Å²) in [7, 11) is 1.71. The maximum atomic E-state index is 12.6. The maximum absolute atomic E-state index is 12.6. The average molecular weight is 380 g/mol. The lowest BCUT2D eigenvalue weighted by Gasteiger charge is -2.07. The molecule has 2 aromatic carbocycles. The van der Waals surface area contributed by atoms with E-state index in [1.807, 2.05) is 18.2 Å². The number of hydrogen-bond donors (Lipinski definition) is 2. The largest absolute Gasteiger partial charge is 0.462 e. The monoisotopic (exact) mass is 380 g/mol. The van der Waals surface area contributed by atoms with Gasteiger partial charge in [0, 0.05) is 12.7 Å². The fraction of sp³-hybridized carbons (Fsp3) is 0.150. The minimum absolute atomic E-state index is 0.145. The van der Waals surface area contributed by atoms with E-state index in [0.717, 1.165) is 0 Å². The Bertz CT molecular complexity index is 1040. The quantitative estimate of drug-likeness (QED) is 0.665. The number of amides is 2. The van der Waals surface area contributed by atoms with E-state index in [2.05, 4.69) is 10.6 Å². The van der Waals surface area contributed by atoms with Crippen LogP contribution < -0.4 is 16.2 Å². The van der Waals surface area contributed by atoms with E-state index in [1.54, 1.807) is 61.2 Å². The molecule has 0 aliphatic rings. The van der Waals surface area contributed by atoms with E-state index in [-0.39, 0.29) is 11.2 Å². The molecule has 2 N–H and O–H groups in total. The number of anilines is 2. The molecule has 8 heteroatoms. The number of para-hydroxylation sites is 1. The Balaban J connectivity index is 1.70. The first-order valence-electron chi connectivity index (χ1n) is 8.69. The van der Waals surface area contributed by atoms with Gasteiger partial charge in [-0.05, 0) is 43.3 Å². The van der Waals surface area contributed by atoms with Crippen LogP contribution in [0, 0.1) is 0 Å². The number of nitrogens with zero attached hydrogens (tertiary/aromatic N) is 2. The SMILES string of the molecule is CCOC(=O)c1ccc(NC(=O)Nc2cn(C)n(-c3ccccc3)c2=O)cc1. The van der Waals surface area contributed by atoms with Crippen molar-refractivity contribution in [3.63, 3.8) is 0 Å². The van der Waals surface area contributed by atoms with Crippen LogP contribution in [0.25, 0.3) is 5.69 Å². The molecule has 8 nitrogen and oxygen atoms in total. The fourth-order valence-corrected chi connectivity index (χ4v) is 2.70. The molecule has 0 atom stereocenters. The van der Waals surface area contributed by atoms with Crippen molar-refractivity contribution in [2.75, 3.05) is 17.2 Å². The predicted molar refractivity (Wildman–Crippen MR) is 106 cm³/mol. The number of ether oxygens (including phenoxy) is 1. The molecule has 3 aromatic rings. The molecule has 0 unspecified atom stereocenters. The Labute approximate surface area is 161 Å². The molecule has 144 valence electrons. The van der Waals surface area contributed by atoms with Crippen molar-refractivity contribution in [3.05, 3.63) is 76.7 Å². The first-order valence-corrected chi connectivity index (χ1v) is 8.69. The number of aromatic nitrogens is 2. The van der Waals surface area contributed by atoms with Crippen molar-refractivity contribution in [2.45, 2.75) is 6.92 Å². The number of hydrogen-bond acceptors (Lipinski definition) is 4. The van der Waals surface area contributed by atoms with Crippen molar-refractivity contribution in [2.24, 2.45) is 7.05 Å². The lowest BCUT2D eigenvalue weighted by molar-refractivity contribution is 0.0526. The second-order valence-corrected chi connectivity index (χ2v) is 5.95. The number of rotatable bonds is 5. The minimum Gasteiger partial charge on any atom is -0.462 e. The van der Waals surface area contributed by atoms with Gasteiger partial charge < -0.3 is 15.4 Å². The zero-order valence-electron chi connectivity index (χ0n) is 15.5. The average Bonchev–Trinajstić information content (AvgIpc) is 2.96. The van der Waals surface area contributed by atoms with Crippen LogP contribution in [0.15, 0.2) is 65.6 Å². The first-order chi connectivity index (χ1) is 13.5. The highest BCUT2D eigenvalue weighted by atomic mass is 16.5. The lowest BCUT2D eigenvalue weighted by Crippen LogP contribution is -2.25. The third-order valence-electron chi connectivity index (χ3n) is 3.96. The molecule has 0 aliphatic heterocycles. The molecule has 0 fully saturated rings. The van der Waals surface area contributed by atoms with E-state index in [0.29, 0.717) is 23.5 Å². The molecule has 0 saturated heterocycles. The van der Waals surface area contributed by atoms with Crippen molar-refractivity contribution >= 4 is 23.4 Å². The second kappa shape index (κ2) is 8.26. The van der Waals surface area contributed by atoms with Gasteiger partial charge in [0.1, 0.15) is 5.69 Å². The summed E-state index contributed by atoms with van der Waals surface area (Å²) in [6.07, 6.45) is 1.54. The van der Waals surface area contributed by atoms with E-state index in [4.69, 9.17) is 4.74 Å². The second-order valence-electron chi connectivity index (χ2n) is 5.95. The molecule has 0 aliphatic carbocycles. The number of urea groups is 1. The molecule has 3 rings (SSSR count). The Morgan fingerprint density at radius 2 is 1.68 bits per heavy atom. The van der Waals surface area contributed by atoms with Crippen molar-refractivity contribution in [1.29, 1.82) is 0 Å². The van der Waals surface area contributed by atoms with Gasteiger partial charge in [-0.25, -0.2) is 14.3 Å². The minimum atomic E-state index is -0.563. The van der Waals surface area contributed by atoms with Gasteiger partial charge in [-0.2, -0.15) is 0 Å². The molecule has 2 amide bonds. The molecule has 0 spiro atoms. The van der Waals surface area contributed by atoms with Gasteiger partial charge in [-0.1, -0.05) is 18.2 Å². The Morgan fingerprint density at radius 1 is 1.00 bits per heavy atom. The highest BCUT2D eigenvalue weighted by molar-refractivity contribution is 6.00. The standard InChI is InChI=1S/C20H20N4O4/c1-3-28-19(26)14-9-11-15(12-10-14)21-20(27)22-17-13-23(2)24(18(17)25)16-7-5-4-6-8-16/h4-13H,3H2,1-2H3,(H2,21,22,27). The van der Waals surface area contributed by atoms with Crippen molar-refractivity contribution in [3.8, 4) is 5.69 Å². The van der Waals surface area contributed by atoms with Crippen molar-refractivity contribution < 1.29 is 14.3 Å². The zero-order valence-corrected chi connectivity index (χ0v) is 15.5. The summed E-state index contributed by atoms with van der Waals surface area (Å²) in [5.74, 6) is -0.427. The summed E-state index contributed by atoms with van der Waals surface area (Å²) in [5.41, 5.74) is 1.36. The lowest BCUT2D eigenvalue weighted by atomic mass is 10.2. The predicted octanol–water partition coefficient (Wildman–Crippen LogP) is 3.00. The van der Waals surface area contributed by atoms with Crippen LogP contribution in [0.2, 0.25) is 0 Å². The number of carbonyl (C=O) groups is 2. The number of aryl methyl sites for hydroxylation is 1. The Morgan fingerprint density at radius 3 is 2.32 bits per heavy atom. The van der Waals surface area contributed by atoms with Gasteiger partial charge in [0.2, 0.25) is 0 Å². The highest BCUT2D eigenvalue weighted by Gasteiger charge is 2.14. The van der Waals surface area contributed by atoms with Crippen molar-refractivity contribution in [1.82, 2.24) is 9.36 Å². The molecule has 0 radical (unpaired) electrons. The fourth-order valence-electron chi connectivity index (χ4n) is 2.70. The molecular formula is C20H20N4O4. The summed E-state index contributed by atoms with van der Waals surface area (Å²) in [4.78, 5) is 36.5.